The van der Waals surface area contributed by atoms with Crippen LogP contribution in [-0.4, -0.2) is 32.2 Å². The minimum Gasteiger partial charge on any atom is -0.467 e. The first-order valence-corrected chi connectivity index (χ1v) is 8.57. The Hall–Kier alpha value is -3.68. The maximum Gasteiger partial charge on any atom is 0.251 e. The summed E-state index contributed by atoms with van der Waals surface area (Å²) >= 11 is 0. The van der Waals surface area contributed by atoms with Crippen LogP contribution in [0.5, 0.6) is 0 Å². The summed E-state index contributed by atoms with van der Waals surface area (Å²) in [6, 6.07) is 12.8. The van der Waals surface area contributed by atoms with E-state index in [1.807, 2.05) is 30.3 Å². The van der Waals surface area contributed by atoms with Crippen molar-refractivity contribution >= 4 is 22.8 Å². The largest absolute Gasteiger partial charge is 0.467 e. The van der Waals surface area contributed by atoms with Gasteiger partial charge >= 0.3 is 0 Å². The van der Waals surface area contributed by atoms with Crippen molar-refractivity contribution in [2.75, 3.05) is 11.9 Å². The number of carbonyl (C=O) groups is 1. The van der Waals surface area contributed by atoms with Gasteiger partial charge in [0.2, 0.25) is 0 Å². The van der Waals surface area contributed by atoms with Crippen molar-refractivity contribution in [1.82, 2.24) is 25.1 Å². The molecular formula is C19H18N6O2. The van der Waals surface area contributed by atoms with Crippen molar-refractivity contribution in [3.63, 3.8) is 0 Å². The first kappa shape index (κ1) is 16.8. The molecule has 0 saturated carbocycles. The Morgan fingerprint density at radius 2 is 2.00 bits per heavy atom. The lowest BCUT2D eigenvalue weighted by atomic mass is 10.2. The summed E-state index contributed by atoms with van der Waals surface area (Å²) in [5.41, 5.74) is 1.34. The number of fused-ring (bicyclic) bond motifs is 1. The number of hydrogen-bond donors (Lipinski definition) is 2. The third-order valence-corrected chi connectivity index (χ3v) is 4.09. The minimum absolute atomic E-state index is 0.109. The van der Waals surface area contributed by atoms with Gasteiger partial charge in [-0.25, -0.2) is 14.6 Å². The second-order valence-electron chi connectivity index (χ2n) is 5.88. The number of amides is 1. The Balaban J connectivity index is 1.41. The normalized spacial score (nSPS) is 10.8. The van der Waals surface area contributed by atoms with Crippen LogP contribution in [0.3, 0.4) is 0 Å². The van der Waals surface area contributed by atoms with E-state index in [0.29, 0.717) is 36.7 Å². The Labute approximate surface area is 155 Å². The molecule has 0 aliphatic rings. The van der Waals surface area contributed by atoms with E-state index in [0.717, 1.165) is 11.1 Å². The summed E-state index contributed by atoms with van der Waals surface area (Å²) in [5.74, 6) is 1.40. The summed E-state index contributed by atoms with van der Waals surface area (Å²) in [6.45, 7) is 1.48. The number of furan rings is 1. The van der Waals surface area contributed by atoms with Gasteiger partial charge in [0.1, 0.15) is 17.9 Å². The molecule has 1 aromatic carbocycles. The smallest absolute Gasteiger partial charge is 0.251 e. The lowest BCUT2D eigenvalue weighted by Gasteiger charge is -2.07. The maximum absolute atomic E-state index is 12.1. The standard InChI is InChI=1S/C19H18N6O2/c26-19(14-5-2-1-3-6-14)20-8-9-25-18-16(12-24-25)17(22-13-23-18)21-11-15-7-4-10-27-15/h1-7,10,12-13H,8-9,11H2,(H,20,26)(H,21,22,23). The third-order valence-electron chi connectivity index (χ3n) is 4.09. The van der Waals surface area contributed by atoms with Gasteiger partial charge in [0.25, 0.3) is 5.91 Å². The molecule has 0 unspecified atom stereocenters. The fourth-order valence-corrected chi connectivity index (χ4v) is 2.75. The predicted molar refractivity (Wildman–Crippen MR) is 100 cm³/mol. The first-order chi connectivity index (χ1) is 13.3. The third kappa shape index (κ3) is 3.79. The molecule has 0 saturated heterocycles. The zero-order valence-electron chi connectivity index (χ0n) is 14.5. The number of nitrogens with zero attached hydrogens (tertiary/aromatic N) is 4. The van der Waals surface area contributed by atoms with Crippen LogP contribution in [-0.2, 0) is 13.1 Å². The van der Waals surface area contributed by atoms with Gasteiger partial charge in [-0.1, -0.05) is 18.2 Å². The topological polar surface area (TPSA) is 97.9 Å². The highest BCUT2D eigenvalue weighted by Crippen LogP contribution is 2.19. The fraction of sp³-hybridized carbons (Fsp3) is 0.158. The number of benzene rings is 1. The Morgan fingerprint density at radius 1 is 1.11 bits per heavy atom. The van der Waals surface area contributed by atoms with Gasteiger partial charge in [-0.05, 0) is 24.3 Å². The second-order valence-corrected chi connectivity index (χ2v) is 5.88. The zero-order valence-corrected chi connectivity index (χ0v) is 14.5. The molecule has 4 aromatic rings. The van der Waals surface area contributed by atoms with Gasteiger partial charge in [-0.2, -0.15) is 5.10 Å². The molecule has 8 heteroatoms. The molecule has 3 heterocycles. The predicted octanol–water partition coefficient (Wildman–Crippen LogP) is 2.46. The van der Waals surface area contributed by atoms with Crippen LogP contribution < -0.4 is 10.6 Å². The monoisotopic (exact) mass is 362 g/mol. The maximum atomic E-state index is 12.1. The van der Waals surface area contributed by atoms with E-state index >= 15 is 0 Å². The van der Waals surface area contributed by atoms with E-state index in [4.69, 9.17) is 4.42 Å². The molecule has 4 rings (SSSR count). The van der Waals surface area contributed by atoms with Crippen molar-refractivity contribution in [3.05, 3.63) is 72.6 Å². The van der Waals surface area contributed by atoms with Crippen molar-refractivity contribution in [3.8, 4) is 0 Å². The highest BCUT2D eigenvalue weighted by Gasteiger charge is 2.10. The van der Waals surface area contributed by atoms with Crippen molar-refractivity contribution < 1.29 is 9.21 Å². The summed E-state index contributed by atoms with van der Waals surface area (Å²) in [6.07, 6.45) is 4.85. The van der Waals surface area contributed by atoms with Gasteiger partial charge < -0.3 is 15.1 Å². The average molecular weight is 362 g/mol. The molecule has 0 aliphatic carbocycles. The number of aromatic nitrogens is 4. The first-order valence-electron chi connectivity index (χ1n) is 8.57. The molecule has 0 spiro atoms. The second kappa shape index (κ2) is 7.69. The fourth-order valence-electron chi connectivity index (χ4n) is 2.75. The van der Waals surface area contributed by atoms with Crippen LogP contribution >= 0.6 is 0 Å². The Bertz CT molecular complexity index is 1030. The van der Waals surface area contributed by atoms with Crippen LogP contribution in [0, 0.1) is 0 Å². The van der Waals surface area contributed by atoms with Gasteiger partial charge in [-0.15, -0.1) is 0 Å². The highest BCUT2D eigenvalue weighted by molar-refractivity contribution is 5.94. The van der Waals surface area contributed by atoms with Crippen LogP contribution in [0.25, 0.3) is 11.0 Å². The van der Waals surface area contributed by atoms with Crippen molar-refractivity contribution in [2.45, 2.75) is 13.1 Å². The molecular weight excluding hydrogens is 344 g/mol. The van der Waals surface area contributed by atoms with E-state index in [2.05, 4.69) is 25.7 Å². The number of hydrogen-bond acceptors (Lipinski definition) is 6. The summed E-state index contributed by atoms with van der Waals surface area (Å²) in [4.78, 5) is 20.7. The van der Waals surface area contributed by atoms with E-state index in [9.17, 15) is 4.79 Å². The quantitative estimate of drug-likeness (QED) is 0.524. The van der Waals surface area contributed by atoms with Gasteiger partial charge in [0, 0.05) is 12.1 Å². The molecule has 0 radical (unpaired) electrons. The molecule has 1 amide bonds. The average Bonchev–Trinajstić information content (AvgIpc) is 3.37. The number of carbonyl (C=O) groups excluding carboxylic acids is 1. The Kier molecular flexibility index (Phi) is 4.78. The zero-order chi connectivity index (χ0) is 18.5. The molecule has 0 aliphatic heterocycles. The number of rotatable bonds is 7. The van der Waals surface area contributed by atoms with E-state index < -0.39 is 0 Å². The van der Waals surface area contributed by atoms with Gasteiger partial charge in [-0.3, -0.25) is 4.79 Å². The number of anilines is 1. The Morgan fingerprint density at radius 3 is 2.81 bits per heavy atom. The molecule has 3 aromatic heterocycles. The summed E-state index contributed by atoms with van der Waals surface area (Å²) in [7, 11) is 0. The van der Waals surface area contributed by atoms with Crippen LogP contribution in [0.2, 0.25) is 0 Å². The molecule has 27 heavy (non-hydrogen) atoms. The lowest BCUT2D eigenvalue weighted by molar-refractivity contribution is 0.0952. The molecule has 0 bridgehead atoms. The summed E-state index contributed by atoms with van der Waals surface area (Å²) in [5, 5.41) is 11.3. The van der Waals surface area contributed by atoms with Crippen LogP contribution in [0.1, 0.15) is 16.1 Å². The molecule has 8 nitrogen and oxygen atoms in total. The van der Waals surface area contributed by atoms with Gasteiger partial charge in [0.05, 0.1) is 30.9 Å². The lowest BCUT2D eigenvalue weighted by Crippen LogP contribution is -2.27. The van der Waals surface area contributed by atoms with Crippen molar-refractivity contribution in [2.24, 2.45) is 0 Å². The van der Waals surface area contributed by atoms with Crippen LogP contribution in [0.15, 0.2) is 65.7 Å². The molecule has 2 N–H and O–H groups in total. The van der Waals surface area contributed by atoms with Gasteiger partial charge in [0.15, 0.2) is 5.65 Å². The van der Waals surface area contributed by atoms with E-state index in [1.54, 1.807) is 29.3 Å². The SMILES string of the molecule is O=C(NCCn1ncc2c(NCc3ccco3)ncnc21)c1ccccc1. The minimum atomic E-state index is -0.109. The van der Waals surface area contributed by atoms with Crippen molar-refractivity contribution in [1.29, 1.82) is 0 Å². The molecule has 0 fully saturated rings. The van der Waals surface area contributed by atoms with E-state index in [-0.39, 0.29) is 5.91 Å². The number of nitrogens with one attached hydrogen (secondary N) is 2. The molecule has 136 valence electrons. The van der Waals surface area contributed by atoms with Crippen LogP contribution in [0.4, 0.5) is 5.82 Å². The summed E-state index contributed by atoms with van der Waals surface area (Å²) < 4.78 is 7.07. The van der Waals surface area contributed by atoms with E-state index in [1.165, 1.54) is 6.33 Å². The highest BCUT2D eigenvalue weighted by atomic mass is 16.3. The molecule has 0 atom stereocenters.